The number of phenols is 1. The quantitative estimate of drug-likeness (QED) is 0.297. The number of methoxy groups -OCH3 is 2. The third kappa shape index (κ3) is 4.99. The van der Waals surface area contributed by atoms with Crippen LogP contribution in [0.4, 0.5) is 0 Å². The second-order valence-electron chi connectivity index (χ2n) is 6.24. The fourth-order valence-corrected chi connectivity index (χ4v) is 2.86. The zero-order valence-electron chi connectivity index (χ0n) is 15.1. The Bertz CT molecular complexity index is 608. The summed E-state index contributed by atoms with van der Waals surface area (Å²) in [5.74, 6) is 0.330. The highest BCUT2D eigenvalue weighted by molar-refractivity contribution is 5.53. The average molecular weight is 390 g/mol. The van der Waals surface area contributed by atoms with Gasteiger partial charge in [0.15, 0.2) is 17.8 Å². The maximum atomic E-state index is 10.2. The third-order valence-corrected chi connectivity index (χ3v) is 4.29. The van der Waals surface area contributed by atoms with Crippen LogP contribution in [0.5, 0.6) is 17.2 Å². The largest absolute Gasteiger partial charge is 0.504 e. The molecule has 10 nitrogen and oxygen atoms in total. The lowest BCUT2D eigenvalue weighted by atomic mass is 9.99. The van der Waals surface area contributed by atoms with E-state index in [0.717, 1.165) is 0 Å². The molecule has 10 heteroatoms. The van der Waals surface area contributed by atoms with Crippen molar-refractivity contribution >= 4 is 0 Å². The molecule has 1 fully saturated rings. The molecule has 0 amide bonds. The van der Waals surface area contributed by atoms with Crippen LogP contribution in [0.1, 0.15) is 5.56 Å². The number of aliphatic hydroxyl groups is 5. The van der Waals surface area contributed by atoms with E-state index >= 15 is 0 Å². The van der Waals surface area contributed by atoms with E-state index in [1.807, 2.05) is 0 Å². The van der Waals surface area contributed by atoms with Crippen LogP contribution in [-0.2, 0) is 15.9 Å². The molecule has 0 aliphatic carbocycles. The Labute approximate surface area is 156 Å². The highest BCUT2D eigenvalue weighted by Crippen LogP contribution is 2.37. The average Bonchev–Trinajstić information content (AvgIpc) is 2.65. The first-order chi connectivity index (χ1) is 12.8. The fraction of sp³-hybridized carbons (Fsp3) is 0.647. The van der Waals surface area contributed by atoms with E-state index in [1.165, 1.54) is 20.3 Å². The van der Waals surface area contributed by atoms with Crippen LogP contribution in [0.3, 0.4) is 0 Å². The van der Waals surface area contributed by atoms with Crippen LogP contribution in [0.15, 0.2) is 12.1 Å². The van der Waals surface area contributed by atoms with Crippen molar-refractivity contribution in [1.29, 1.82) is 0 Å². The number of hydrogen-bond donors (Lipinski definition) is 6. The second kappa shape index (κ2) is 9.51. The fourth-order valence-electron chi connectivity index (χ4n) is 2.86. The SMILES string of the molecule is COc1cc(CC(O)COC2OC(CO)C(O)C(O)C2O)cc(O)c1OC. The van der Waals surface area contributed by atoms with Crippen LogP contribution >= 0.6 is 0 Å². The highest BCUT2D eigenvalue weighted by atomic mass is 16.7. The number of hydrogen-bond acceptors (Lipinski definition) is 10. The molecule has 1 aliphatic heterocycles. The van der Waals surface area contributed by atoms with Gasteiger partial charge in [-0.2, -0.15) is 0 Å². The number of aromatic hydroxyl groups is 1. The first kappa shape index (κ1) is 21.6. The van der Waals surface area contributed by atoms with Gasteiger partial charge in [0.1, 0.15) is 24.4 Å². The van der Waals surface area contributed by atoms with Gasteiger partial charge in [-0.25, -0.2) is 0 Å². The Morgan fingerprint density at radius 2 is 1.78 bits per heavy atom. The van der Waals surface area contributed by atoms with Gasteiger partial charge < -0.3 is 49.6 Å². The van der Waals surface area contributed by atoms with Crippen LogP contribution in [0, 0.1) is 0 Å². The predicted molar refractivity (Wildman–Crippen MR) is 90.6 cm³/mol. The molecular formula is C17H26O10. The van der Waals surface area contributed by atoms with Gasteiger partial charge in [-0.05, 0) is 17.7 Å². The standard InChI is InChI=1S/C17H26O10/c1-24-11-5-8(4-10(20)16(11)25-2)3-9(19)7-26-17-15(23)14(22)13(21)12(6-18)27-17/h4-5,9,12-15,17-23H,3,6-7H2,1-2H3. The van der Waals surface area contributed by atoms with Crippen molar-refractivity contribution in [3.63, 3.8) is 0 Å². The van der Waals surface area contributed by atoms with Crippen molar-refractivity contribution in [3.05, 3.63) is 17.7 Å². The number of benzene rings is 1. The first-order valence-corrected chi connectivity index (χ1v) is 8.36. The molecule has 0 spiro atoms. The van der Waals surface area contributed by atoms with E-state index in [9.17, 15) is 25.5 Å². The summed E-state index contributed by atoms with van der Waals surface area (Å²) >= 11 is 0. The van der Waals surface area contributed by atoms with Crippen molar-refractivity contribution in [2.45, 2.75) is 43.2 Å². The third-order valence-electron chi connectivity index (χ3n) is 4.29. The van der Waals surface area contributed by atoms with Crippen molar-refractivity contribution in [3.8, 4) is 17.2 Å². The number of rotatable bonds is 8. The molecule has 154 valence electrons. The number of aliphatic hydroxyl groups excluding tert-OH is 5. The van der Waals surface area contributed by atoms with E-state index in [1.54, 1.807) is 6.07 Å². The zero-order valence-corrected chi connectivity index (χ0v) is 15.1. The Hall–Kier alpha value is -1.66. The maximum absolute atomic E-state index is 10.2. The van der Waals surface area contributed by atoms with Gasteiger partial charge in [-0.1, -0.05) is 0 Å². The molecule has 0 radical (unpaired) electrons. The molecule has 1 aliphatic rings. The van der Waals surface area contributed by atoms with Gasteiger partial charge in [0, 0.05) is 6.42 Å². The van der Waals surface area contributed by atoms with Gasteiger partial charge in [-0.3, -0.25) is 0 Å². The van der Waals surface area contributed by atoms with E-state index in [2.05, 4.69) is 0 Å². The molecule has 0 aromatic heterocycles. The van der Waals surface area contributed by atoms with Crippen molar-refractivity contribution < 1.29 is 49.6 Å². The summed E-state index contributed by atoms with van der Waals surface area (Å²) in [4.78, 5) is 0. The van der Waals surface area contributed by atoms with Gasteiger partial charge in [0.25, 0.3) is 0 Å². The van der Waals surface area contributed by atoms with Gasteiger partial charge in [0.2, 0.25) is 5.75 Å². The topological polar surface area (TPSA) is 158 Å². The lowest BCUT2D eigenvalue weighted by Gasteiger charge is -2.39. The predicted octanol–water partition coefficient (Wildman–Crippen LogP) is -1.87. The van der Waals surface area contributed by atoms with E-state index < -0.39 is 43.4 Å². The monoisotopic (exact) mass is 390 g/mol. The summed E-state index contributed by atoms with van der Waals surface area (Å²) in [7, 11) is 2.81. The van der Waals surface area contributed by atoms with Crippen LogP contribution in [0.2, 0.25) is 0 Å². The van der Waals surface area contributed by atoms with E-state index in [0.29, 0.717) is 11.3 Å². The summed E-state index contributed by atoms with van der Waals surface area (Å²) in [6, 6.07) is 3.01. The van der Waals surface area contributed by atoms with Crippen LogP contribution in [-0.4, -0.2) is 94.9 Å². The minimum atomic E-state index is -1.55. The molecule has 27 heavy (non-hydrogen) atoms. The van der Waals surface area contributed by atoms with Gasteiger partial charge in [0.05, 0.1) is 33.5 Å². The van der Waals surface area contributed by atoms with Crippen LogP contribution in [0.25, 0.3) is 0 Å². The minimum absolute atomic E-state index is 0.0886. The Morgan fingerprint density at radius 3 is 2.37 bits per heavy atom. The second-order valence-corrected chi connectivity index (χ2v) is 6.24. The molecule has 6 atom stereocenters. The van der Waals surface area contributed by atoms with Crippen molar-refractivity contribution in [2.75, 3.05) is 27.4 Å². The summed E-state index contributed by atoms with van der Waals surface area (Å²) in [6.07, 6.45) is -7.94. The van der Waals surface area contributed by atoms with Crippen molar-refractivity contribution in [2.24, 2.45) is 0 Å². The molecule has 1 aromatic carbocycles. The lowest BCUT2D eigenvalue weighted by molar-refractivity contribution is -0.304. The number of ether oxygens (including phenoxy) is 4. The number of phenolic OH excluding ortho intramolecular Hbond substituents is 1. The van der Waals surface area contributed by atoms with E-state index in [-0.39, 0.29) is 24.5 Å². The summed E-state index contributed by atoms with van der Waals surface area (Å²) in [6.45, 7) is -0.837. The first-order valence-electron chi connectivity index (χ1n) is 8.36. The molecule has 1 heterocycles. The Kier molecular flexibility index (Phi) is 7.62. The van der Waals surface area contributed by atoms with E-state index in [4.69, 9.17) is 24.1 Å². The molecule has 0 saturated carbocycles. The summed E-state index contributed by atoms with van der Waals surface area (Å²) < 4.78 is 20.6. The molecule has 6 unspecified atom stereocenters. The smallest absolute Gasteiger partial charge is 0.203 e. The summed E-state index contributed by atoms with van der Waals surface area (Å²) in [5.41, 5.74) is 0.551. The van der Waals surface area contributed by atoms with Gasteiger partial charge in [-0.15, -0.1) is 0 Å². The molecule has 1 aromatic rings. The van der Waals surface area contributed by atoms with Crippen LogP contribution < -0.4 is 9.47 Å². The molecule has 6 N–H and O–H groups in total. The minimum Gasteiger partial charge on any atom is -0.504 e. The molecule has 1 saturated heterocycles. The Morgan fingerprint density at radius 1 is 1.07 bits per heavy atom. The van der Waals surface area contributed by atoms with Gasteiger partial charge >= 0.3 is 0 Å². The molecule has 2 rings (SSSR count). The Balaban J connectivity index is 1.96. The lowest BCUT2D eigenvalue weighted by Crippen LogP contribution is -2.59. The maximum Gasteiger partial charge on any atom is 0.203 e. The van der Waals surface area contributed by atoms with Crippen molar-refractivity contribution in [1.82, 2.24) is 0 Å². The zero-order chi connectivity index (χ0) is 20.1. The normalized spacial score (nSPS) is 29.4. The highest BCUT2D eigenvalue weighted by Gasteiger charge is 2.44. The molecule has 0 bridgehead atoms. The summed E-state index contributed by atoms with van der Waals surface area (Å²) in [5, 5.41) is 58.6. The molecular weight excluding hydrogens is 364 g/mol.